The summed E-state index contributed by atoms with van der Waals surface area (Å²) < 4.78 is 56.2. The number of rotatable bonds is 8. The van der Waals surface area contributed by atoms with Crippen LogP contribution in [0, 0.1) is 5.82 Å². The number of alkyl halides is 3. The van der Waals surface area contributed by atoms with E-state index in [0.717, 1.165) is 11.3 Å². The Morgan fingerprint density at radius 3 is 2.52 bits per heavy atom. The minimum absolute atomic E-state index is 0.00266. The Hall–Kier alpha value is -2.91. The van der Waals surface area contributed by atoms with Gasteiger partial charge in [-0.05, 0) is 107 Å². The first-order valence-electron chi connectivity index (χ1n) is 14.0. The third-order valence-electron chi connectivity index (χ3n) is 8.19. The number of nitrogens with one attached hydrogen (secondary N) is 1. The molecule has 5 rings (SSSR count). The van der Waals surface area contributed by atoms with E-state index >= 15 is 0 Å². The van der Waals surface area contributed by atoms with Crippen LogP contribution in [0.2, 0.25) is 10.0 Å². The number of benzene rings is 3. The number of anilines is 1. The van der Waals surface area contributed by atoms with Crippen LogP contribution in [0.3, 0.4) is 0 Å². The van der Waals surface area contributed by atoms with Crippen LogP contribution in [0.25, 0.3) is 0 Å². The maximum absolute atomic E-state index is 14.3. The van der Waals surface area contributed by atoms with E-state index in [4.69, 9.17) is 23.2 Å². The quantitative estimate of drug-likeness (QED) is 0.195. The fraction of sp³-hybridized carbons (Fsp3) is 0.355. The Morgan fingerprint density at radius 1 is 1.07 bits per heavy atom. The lowest BCUT2D eigenvalue weighted by atomic mass is 9.86. The number of ether oxygens (including phenoxy) is 1. The monoisotopic (exact) mass is 669 g/mol. The van der Waals surface area contributed by atoms with Gasteiger partial charge in [-0.25, -0.2) is 4.39 Å². The van der Waals surface area contributed by atoms with Crippen molar-refractivity contribution in [3.8, 4) is 5.75 Å². The van der Waals surface area contributed by atoms with Crippen molar-refractivity contribution in [3.05, 3.63) is 93.2 Å². The van der Waals surface area contributed by atoms with Gasteiger partial charge in [0.05, 0.1) is 16.0 Å². The van der Waals surface area contributed by atoms with Gasteiger partial charge in [-0.15, -0.1) is 13.2 Å². The Bertz CT molecular complexity index is 1550. The van der Waals surface area contributed by atoms with Gasteiger partial charge in [0.1, 0.15) is 11.6 Å². The number of nitrogens with zero attached hydrogens (tertiary/aromatic N) is 2. The van der Waals surface area contributed by atoms with Crippen molar-refractivity contribution in [2.75, 3.05) is 31.6 Å². The van der Waals surface area contributed by atoms with E-state index in [0.29, 0.717) is 60.1 Å². The molecule has 1 saturated heterocycles. The van der Waals surface area contributed by atoms with Crippen LogP contribution in [0.4, 0.5) is 28.0 Å². The normalized spacial score (nSPS) is 17.9. The number of carbonyl (C=O) groups is 2. The van der Waals surface area contributed by atoms with Crippen molar-refractivity contribution < 1.29 is 31.9 Å². The van der Waals surface area contributed by atoms with Crippen LogP contribution in [0.5, 0.6) is 5.75 Å². The van der Waals surface area contributed by atoms with Crippen LogP contribution >= 0.6 is 31.8 Å². The van der Waals surface area contributed by atoms with E-state index in [9.17, 15) is 27.2 Å². The predicted octanol–water partition coefficient (Wildman–Crippen LogP) is 8.06. The number of likely N-dealkylation sites (tertiary alicyclic amines) is 1. The summed E-state index contributed by atoms with van der Waals surface area (Å²) in [6.07, 6.45) is -3.02. The maximum atomic E-state index is 14.3. The molecule has 2 unspecified atom stereocenters. The maximum Gasteiger partial charge on any atom is 0.573 e. The number of amides is 2. The molecule has 234 valence electrons. The number of fused-ring (bicyclic) bond motifs is 2. The zero-order valence-corrected chi connectivity index (χ0v) is 26.2. The molecule has 2 aliphatic rings. The highest BCUT2D eigenvalue weighted by atomic mass is 35.5. The summed E-state index contributed by atoms with van der Waals surface area (Å²) in [7, 11) is 1.73. The van der Waals surface area contributed by atoms with Crippen LogP contribution in [-0.2, 0) is 16.5 Å². The number of hydrogen-bond acceptors (Lipinski definition) is 4. The van der Waals surface area contributed by atoms with Gasteiger partial charge in [-0.2, -0.15) is 0 Å². The summed E-state index contributed by atoms with van der Waals surface area (Å²) in [5.41, 5.74) is 2.75. The van der Waals surface area contributed by atoms with Crippen LogP contribution in [0.1, 0.15) is 41.9 Å². The summed E-state index contributed by atoms with van der Waals surface area (Å²) >= 11 is 12.4. The van der Waals surface area contributed by atoms with E-state index in [1.54, 1.807) is 48.3 Å². The minimum Gasteiger partial charge on any atom is -0.406 e. The highest BCUT2D eigenvalue weighted by molar-refractivity contribution is 7.59. The number of carbonyl (C=O) groups excluding carboxylic acids is 2. The highest BCUT2D eigenvalue weighted by Crippen LogP contribution is 2.56. The smallest absolute Gasteiger partial charge is 0.406 e. The molecular weight excluding hydrogens is 640 g/mol. The average molecular weight is 670 g/mol. The molecule has 1 fully saturated rings. The Kier molecular flexibility index (Phi) is 9.75. The molecule has 0 bridgehead atoms. The third kappa shape index (κ3) is 7.48. The van der Waals surface area contributed by atoms with E-state index in [-0.39, 0.29) is 38.2 Å². The molecule has 2 aliphatic heterocycles. The second-order valence-corrected chi connectivity index (χ2v) is 13.5. The fourth-order valence-electron chi connectivity index (χ4n) is 5.86. The van der Waals surface area contributed by atoms with E-state index in [2.05, 4.69) is 15.0 Å². The van der Waals surface area contributed by atoms with Crippen LogP contribution in [-0.4, -0.2) is 49.5 Å². The molecule has 13 heteroatoms. The van der Waals surface area contributed by atoms with Gasteiger partial charge >= 0.3 is 6.36 Å². The summed E-state index contributed by atoms with van der Waals surface area (Å²) in [6, 6.07) is 15.0. The molecular formula is C31H30Cl2F4N3O3P. The van der Waals surface area contributed by atoms with Crippen molar-refractivity contribution in [2.45, 2.75) is 43.2 Å². The summed E-state index contributed by atoms with van der Waals surface area (Å²) in [5, 5.41) is 3.07. The molecule has 44 heavy (non-hydrogen) atoms. The molecule has 0 aliphatic carbocycles. The topological polar surface area (TPSA) is 61.9 Å². The zero-order valence-electron chi connectivity index (χ0n) is 23.7. The lowest BCUT2D eigenvalue weighted by molar-refractivity contribution is -0.274. The molecule has 0 saturated carbocycles. The van der Waals surface area contributed by atoms with Gasteiger partial charge in [0.25, 0.3) is 0 Å². The highest BCUT2D eigenvalue weighted by Gasteiger charge is 2.44. The summed E-state index contributed by atoms with van der Waals surface area (Å²) in [6.45, 7) is 1.90. The molecule has 6 nitrogen and oxygen atoms in total. The number of halogens is 6. The number of piperidine rings is 1. The van der Waals surface area contributed by atoms with E-state index in [1.807, 2.05) is 0 Å². The van der Waals surface area contributed by atoms with Crippen molar-refractivity contribution in [1.29, 1.82) is 0 Å². The number of hydrogen-bond donors (Lipinski definition) is 1. The molecule has 1 N–H and O–H groups in total. The zero-order chi connectivity index (χ0) is 31.6. The first-order chi connectivity index (χ1) is 20.8. The van der Waals surface area contributed by atoms with Gasteiger partial charge in [-0.1, -0.05) is 41.4 Å². The summed E-state index contributed by atoms with van der Waals surface area (Å²) in [4.78, 5) is 30.2. The molecule has 3 aromatic rings. The largest absolute Gasteiger partial charge is 0.573 e. The van der Waals surface area contributed by atoms with Crippen molar-refractivity contribution in [3.63, 3.8) is 0 Å². The van der Waals surface area contributed by atoms with Crippen LogP contribution < -0.4 is 15.0 Å². The van der Waals surface area contributed by atoms with E-state index < -0.39 is 17.4 Å². The molecule has 2 atom stereocenters. The second-order valence-electron chi connectivity index (χ2n) is 11.0. The van der Waals surface area contributed by atoms with Gasteiger partial charge in [0, 0.05) is 24.4 Å². The average Bonchev–Trinajstić information content (AvgIpc) is 2.97. The Labute approximate surface area is 264 Å². The second kappa shape index (κ2) is 13.2. The molecule has 2 amide bonds. The lowest BCUT2D eigenvalue weighted by Gasteiger charge is -2.46. The van der Waals surface area contributed by atoms with Gasteiger partial charge in [0.2, 0.25) is 11.6 Å². The Morgan fingerprint density at radius 2 is 1.82 bits per heavy atom. The SMILES string of the molecule is CN1C(=O)PC2(CCN(CCC(C(=O)NCc3cccc(OC(F)(F)F)c3)c3ccc(Cl)c(Cl)c3)CC2)c2cc(F)ccc21. The van der Waals surface area contributed by atoms with Crippen molar-refractivity contribution in [1.82, 2.24) is 10.2 Å². The Balaban J connectivity index is 1.27. The van der Waals surface area contributed by atoms with E-state index in [1.165, 1.54) is 24.3 Å². The molecule has 0 radical (unpaired) electrons. The van der Waals surface area contributed by atoms with Gasteiger partial charge in [-0.3, -0.25) is 9.59 Å². The van der Waals surface area contributed by atoms with Crippen molar-refractivity contribution in [2.24, 2.45) is 0 Å². The first kappa shape index (κ1) is 32.5. The van der Waals surface area contributed by atoms with Gasteiger partial charge in [0.15, 0.2) is 0 Å². The molecule has 3 aromatic carbocycles. The fourth-order valence-corrected chi connectivity index (χ4v) is 7.67. The molecule has 0 aromatic heterocycles. The third-order valence-corrected chi connectivity index (χ3v) is 10.7. The summed E-state index contributed by atoms with van der Waals surface area (Å²) in [5.74, 6) is -1.62. The molecule has 2 heterocycles. The standard InChI is InChI=1S/C31H30Cl2F4N3O3P/c1-39-27-8-6-21(34)17-24(27)30(44-29(39)42)10-13-40(14-11-30)12-9-23(20-5-7-25(32)26(33)16-20)28(41)38-18-19-3-2-4-22(15-19)43-31(35,36)37/h2-8,15-17,23,44H,9-14,18H2,1H3,(H,38,41). The molecule has 1 spiro atoms. The van der Waals surface area contributed by atoms with Crippen LogP contribution in [0.15, 0.2) is 60.7 Å². The lowest BCUT2D eigenvalue weighted by Crippen LogP contribution is -2.45. The first-order valence-corrected chi connectivity index (χ1v) is 15.7. The predicted molar refractivity (Wildman–Crippen MR) is 165 cm³/mol. The van der Waals surface area contributed by atoms with Crippen molar-refractivity contribution >= 4 is 49.0 Å². The minimum atomic E-state index is -4.82. The van der Waals surface area contributed by atoms with Gasteiger partial charge < -0.3 is 19.9 Å².